The van der Waals surface area contributed by atoms with Gasteiger partial charge in [-0.25, -0.2) is 4.39 Å². The molecule has 17 heavy (non-hydrogen) atoms. The van der Waals surface area contributed by atoms with Gasteiger partial charge in [-0.3, -0.25) is 0 Å². The highest BCUT2D eigenvalue weighted by atomic mass is 35.5. The Balaban J connectivity index is 2.48. The summed E-state index contributed by atoms with van der Waals surface area (Å²) in [6.07, 6.45) is -13.5. The fourth-order valence-corrected chi connectivity index (χ4v) is 3.36. The van der Waals surface area contributed by atoms with Crippen LogP contribution < -0.4 is 5.32 Å². The Bertz CT molecular complexity index is 311. The Morgan fingerprint density at radius 2 is 1.53 bits per heavy atom. The molecule has 100 valence electrons. The maximum atomic E-state index is 13.1. The summed E-state index contributed by atoms with van der Waals surface area (Å²) in [4.78, 5) is 0. The van der Waals surface area contributed by atoms with E-state index in [-0.39, 0.29) is 5.32 Å². The lowest BCUT2D eigenvalue weighted by atomic mass is 9.82. The minimum atomic E-state index is -5.50. The molecule has 0 spiro atoms. The van der Waals surface area contributed by atoms with Gasteiger partial charge >= 0.3 is 12.4 Å². The van der Waals surface area contributed by atoms with Crippen molar-refractivity contribution in [2.24, 2.45) is 5.92 Å². The van der Waals surface area contributed by atoms with E-state index in [2.05, 4.69) is 0 Å². The SMILES string of the molecule is F[C@@H]1C[C@H]2[C@H](Cl)[C@@H]1[NH2+]C2(C(F)(F)F)C(F)(F)F. The zero-order chi connectivity index (χ0) is 13.2. The highest BCUT2D eigenvalue weighted by molar-refractivity contribution is 6.21. The van der Waals surface area contributed by atoms with E-state index >= 15 is 0 Å². The second-order valence-electron chi connectivity index (χ2n) is 4.41. The average molecular weight is 287 g/mol. The van der Waals surface area contributed by atoms with Crippen LogP contribution in [-0.4, -0.2) is 35.5 Å². The molecule has 1 saturated heterocycles. The van der Waals surface area contributed by atoms with Gasteiger partial charge in [-0.2, -0.15) is 26.3 Å². The topological polar surface area (TPSA) is 16.6 Å². The number of piperidine rings is 1. The predicted molar refractivity (Wildman–Crippen MR) is 43.2 cm³/mol. The number of hydrogen-bond acceptors (Lipinski definition) is 0. The Kier molecular flexibility index (Phi) is 2.64. The van der Waals surface area contributed by atoms with Gasteiger partial charge in [-0.05, 0) is 6.42 Å². The summed E-state index contributed by atoms with van der Waals surface area (Å²) in [5.41, 5.74) is -3.96. The number of nitrogens with two attached hydrogens (primary N) is 1. The van der Waals surface area contributed by atoms with Crippen molar-refractivity contribution in [3.63, 3.8) is 0 Å². The van der Waals surface area contributed by atoms with E-state index in [1.54, 1.807) is 0 Å². The second-order valence-corrected chi connectivity index (χ2v) is 4.92. The number of hydrogen-bond donors (Lipinski definition) is 1. The summed E-state index contributed by atoms with van der Waals surface area (Å²) in [5.74, 6) is -1.97. The van der Waals surface area contributed by atoms with Crippen LogP contribution >= 0.6 is 11.6 Å². The first-order valence-corrected chi connectivity index (χ1v) is 5.23. The largest absolute Gasteiger partial charge is 0.454 e. The molecular weight excluding hydrogens is 279 g/mol. The quantitative estimate of drug-likeness (QED) is 0.516. The van der Waals surface area contributed by atoms with Gasteiger partial charge in [0.1, 0.15) is 6.04 Å². The van der Waals surface area contributed by atoms with Crippen LogP contribution in [0.25, 0.3) is 0 Å². The second kappa shape index (κ2) is 3.40. The van der Waals surface area contributed by atoms with E-state index in [4.69, 9.17) is 11.6 Å². The predicted octanol–water partition coefficient (Wildman–Crippen LogP) is 1.76. The number of quaternary nitrogens is 1. The standard InChI is InChI=1S/C8H7ClF7N/c9-4-2-1-3(10)5(4)17-6(2,7(11,12)13)8(14,15)16/h2-5,17H,1H2/p+1/t2-,3+,4-,5+/m0/s1. The van der Waals surface area contributed by atoms with Gasteiger partial charge in [0.15, 0.2) is 6.17 Å². The van der Waals surface area contributed by atoms with Gasteiger partial charge in [0.05, 0.1) is 11.3 Å². The lowest BCUT2D eigenvalue weighted by molar-refractivity contribution is -0.798. The van der Waals surface area contributed by atoms with E-state index in [0.717, 1.165) is 0 Å². The van der Waals surface area contributed by atoms with E-state index in [1.165, 1.54) is 0 Å². The van der Waals surface area contributed by atoms with Crippen LogP contribution in [0.5, 0.6) is 0 Å². The molecule has 1 heterocycles. The minimum absolute atomic E-state index is 0.0174. The third kappa shape index (κ3) is 1.49. The lowest BCUT2D eigenvalue weighted by Gasteiger charge is -2.37. The van der Waals surface area contributed by atoms with Gasteiger partial charge in [0.25, 0.3) is 5.54 Å². The molecule has 9 heteroatoms. The van der Waals surface area contributed by atoms with Crippen LogP contribution in [0.2, 0.25) is 0 Å². The van der Waals surface area contributed by atoms with Crippen molar-refractivity contribution in [2.75, 3.05) is 0 Å². The van der Waals surface area contributed by atoms with Gasteiger partial charge in [-0.1, -0.05) is 0 Å². The molecule has 2 N–H and O–H groups in total. The van der Waals surface area contributed by atoms with Gasteiger partial charge < -0.3 is 5.32 Å². The first-order valence-electron chi connectivity index (χ1n) is 4.80. The molecule has 1 aliphatic carbocycles. The van der Waals surface area contributed by atoms with Crippen LogP contribution in [0.3, 0.4) is 0 Å². The van der Waals surface area contributed by atoms with E-state index in [0.29, 0.717) is 0 Å². The highest BCUT2D eigenvalue weighted by Gasteiger charge is 2.85. The smallest absolute Gasteiger partial charge is 0.320 e. The number of fused-ring (bicyclic) bond motifs is 2. The van der Waals surface area contributed by atoms with Crippen LogP contribution in [0.15, 0.2) is 0 Å². The fraction of sp³-hybridized carbons (Fsp3) is 1.00. The third-order valence-electron chi connectivity index (χ3n) is 3.63. The Labute approximate surface area is 96.3 Å². The zero-order valence-corrected chi connectivity index (χ0v) is 8.87. The van der Waals surface area contributed by atoms with Crippen LogP contribution in [-0.2, 0) is 0 Å². The third-order valence-corrected chi connectivity index (χ3v) is 4.22. The van der Waals surface area contributed by atoms with Crippen molar-refractivity contribution in [1.82, 2.24) is 0 Å². The highest BCUT2D eigenvalue weighted by Crippen LogP contribution is 2.54. The molecule has 2 fully saturated rings. The Morgan fingerprint density at radius 1 is 1.06 bits per heavy atom. The molecule has 2 aliphatic rings. The van der Waals surface area contributed by atoms with Crippen molar-refractivity contribution in [1.29, 1.82) is 0 Å². The molecule has 1 nitrogen and oxygen atoms in total. The number of rotatable bonds is 0. The van der Waals surface area contributed by atoms with E-state index in [1.807, 2.05) is 0 Å². The fourth-order valence-electron chi connectivity index (χ4n) is 2.83. The summed E-state index contributed by atoms with van der Waals surface area (Å²) in [6.45, 7) is 0. The van der Waals surface area contributed by atoms with Crippen LogP contribution in [0.4, 0.5) is 30.7 Å². The van der Waals surface area contributed by atoms with Crippen molar-refractivity contribution in [3.05, 3.63) is 0 Å². The summed E-state index contributed by atoms with van der Waals surface area (Å²) in [6, 6.07) is -1.48. The molecule has 0 aromatic rings. The summed E-state index contributed by atoms with van der Waals surface area (Å²) in [5, 5.41) is -1.43. The average Bonchev–Trinajstić information content (AvgIpc) is 2.53. The molecule has 4 atom stereocenters. The number of alkyl halides is 8. The number of halogens is 8. The normalized spacial score (nSPS) is 40.9. The lowest BCUT2D eigenvalue weighted by Crippen LogP contribution is -3.07. The summed E-state index contributed by atoms with van der Waals surface area (Å²) in [7, 11) is 0. The molecule has 0 aromatic carbocycles. The molecule has 2 bridgehead atoms. The molecule has 0 radical (unpaired) electrons. The molecular formula is C8H8ClF7N+. The van der Waals surface area contributed by atoms with Crippen molar-refractivity contribution < 1.29 is 36.0 Å². The maximum Gasteiger partial charge on any atom is 0.454 e. The first-order chi connectivity index (χ1) is 7.52. The van der Waals surface area contributed by atoms with E-state index in [9.17, 15) is 30.7 Å². The minimum Gasteiger partial charge on any atom is -0.320 e. The molecule has 0 unspecified atom stereocenters. The maximum absolute atomic E-state index is 13.1. The monoisotopic (exact) mass is 286 g/mol. The Morgan fingerprint density at radius 3 is 1.76 bits per heavy atom. The van der Waals surface area contributed by atoms with Crippen LogP contribution in [0, 0.1) is 5.92 Å². The van der Waals surface area contributed by atoms with Gasteiger partial charge in [0, 0.05) is 0 Å². The van der Waals surface area contributed by atoms with Gasteiger partial charge in [0.2, 0.25) is 0 Å². The van der Waals surface area contributed by atoms with Gasteiger partial charge in [-0.15, -0.1) is 11.6 Å². The van der Waals surface area contributed by atoms with Crippen molar-refractivity contribution >= 4 is 11.6 Å². The molecule has 2 rings (SSSR count). The molecule has 0 amide bonds. The summed E-state index contributed by atoms with van der Waals surface area (Å²) >= 11 is 5.50. The first kappa shape index (κ1) is 13.2. The van der Waals surface area contributed by atoms with Crippen molar-refractivity contribution in [3.8, 4) is 0 Å². The zero-order valence-electron chi connectivity index (χ0n) is 8.12. The Hall–Kier alpha value is -0.240. The summed E-state index contributed by atoms with van der Waals surface area (Å²) < 4.78 is 89.6. The van der Waals surface area contributed by atoms with Crippen LogP contribution in [0.1, 0.15) is 6.42 Å². The van der Waals surface area contributed by atoms with Crippen molar-refractivity contribution in [2.45, 2.75) is 41.9 Å². The molecule has 1 saturated carbocycles. The molecule has 1 aliphatic heterocycles. The van der Waals surface area contributed by atoms with E-state index < -0.39 is 47.8 Å². The molecule has 0 aromatic heterocycles.